The lowest BCUT2D eigenvalue weighted by Gasteiger charge is -2.18. The van der Waals surface area contributed by atoms with Gasteiger partial charge in [0.2, 0.25) is 0 Å². The van der Waals surface area contributed by atoms with E-state index in [0.29, 0.717) is 0 Å². The molecule has 2 aromatic rings. The van der Waals surface area contributed by atoms with Gasteiger partial charge < -0.3 is 26.0 Å². The number of rotatable bonds is 6. The average Bonchev–Trinajstić information content (AvgIpc) is 2.58. The van der Waals surface area contributed by atoms with Gasteiger partial charge in [-0.3, -0.25) is 4.98 Å². The molecule has 7 heteroatoms. The minimum absolute atomic E-state index is 0.124. The fourth-order valence-corrected chi connectivity index (χ4v) is 1.93. The molecule has 2 rings (SSSR count). The number of nitrogens with two attached hydrogens (primary N) is 1. The Kier molecular flexibility index (Phi) is 5.90. The van der Waals surface area contributed by atoms with Crippen LogP contribution in [0, 0.1) is 0 Å². The Labute approximate surface area is 133 Å². The quantitative estimate of drug-likeness (QED) is 0.631. The third-order valence-corrected chi connectivity index (χ3v) is 3.18. The summed E-state index contributed by atoms with van der Waals surface area (Å²) in [5.74, 6) is 0. The van der Waals surface area contributed by atoms with Crippen LogP contribution in [0.1, 0.15) is 17.4 Å². The summed E-state index contributed by atoms with van der Waals surface area (Å²) in [5.41, 5.74) is 6.97. The fourth-order valence-electron chi connectivity index (χ4n) is 1.93. The molecule has 7 nitrogen and oxygen atoms in total. The smallest absolute Gasteiger partial charge is 0.407 e. The van der Waals surface area contributed by atoms with Crippen molar-refractivity contribution in [2.45, 2.75) is 18.8 Å². The largest absolute Gasteiger partial charge is 0.445 e. The normalized spacial score (nSPS) is 13.1. The molecule has 0 aliphatic carbocycles. The van der Waals surface area contributed by atoms with E-state index in [2.05, 4.69) is 10.3 Å². The van der Waals surface area contributed by atoms with E-state index in [4.69, 9.17) is 10.5 Å². The average molecular weight is 317 g/mol. The van der Waals surface area contributed by atoms with Crippen molar-refractivity contribution in [2.75, 3.05) is 12.3 Å². The highest BCUT2D eigenvalue weighted by Crippen LogP contribution is 2.19. The van der Waals surface area contributed by atoms with Gasteiger partial charge in [-0.2, -0.15) is 0 Å². The van der Waals surface area contributed by atoms with Crippen LogP contribution in [-0.2, 0) is 11.3 Å². The SMILES string of the molecule is Nc1cccnc1C(O)C(O)CNC(=O)OCc1ccccc1. The number of amides is 1. The Morgan fingerprint density at radius 2 is 1.96 bits per heavy atom. The highest BCUT2D eigenvalue weighted by Gasteiger charge is 2.22. The van der Waals surface area contributed by atoms with E-state index < -0.39 is 18.3 Å². The van der Waals surface area contributed by atoms with Crippen LogP contribution in [0.4, 0.5) is 10.5 Å². The van der Waals surface area contributed by atoms with Crippen LogP contribution in [0.5, 0.6) is 0 Å². The molecule has 122 valence electrons. The standard InChI is InChI=1S/C16H19N3O4/c17-12-7-4-8-18-14(12)15(21)13(20)9-19-16(22)23-10-11-5-2-1-3-6-11/h1-8,13,15,20-21H,9-10,17H2,(H,19,22). The lowest BCUT2D eigenvalue weighted by molar-refractivity contribution is 0.0164. The summed E-state index contributed by atoms with van der Waals surface area (Å²) in [7, 11) is 0. The van der Waals surface area contributed by atoms with E-state index in [1.54, 1.807) is 12.1 Å². The summed E-state index contributed by atoms with van der Waals surface area (Å²) < 4.78 is 5.00. The van der Waals surface area contributed by atoms with E-state index in [1.165, 1.54) is 6.20 Å². The molecule has 1 aromatic carbocycles. The molecule has 0 saturated carbocycles. The predicted molar refractivity (Wildman–Crippen MR) is 84.2 cm³/mol. The van der Waals surface area contributed by atoms with Crippen molar-refractivity contribution in [2.24, 2.45) is 0 Å². The Bertz CT molecular complexity index is 636. The number of nitrogens with zero attached hydrogens (tertiary/aromatic N) is 1. The van der Waals surface area contributed by atoms with Gasteiger partial charge in [-0.05, 0) is 17.7 Å². The topological polar surface area (TPSA) is 118 Å². The van der Waals surface area contributed by atoms with Crippen LogP contribution >= 0.6 is 0 Å². The van der Waals surface area contributed by atoms with Crippen molar-refractivity contribution in [1.29, 1.82) is 0 Å². The maximum absolute atomic E-state index is 11.6. The van der Waals surface area contributed by atoms with Crippen molar-refractivity contribution < 1.29 is 19.7 Å². The van der Waals surface area contributed by atoms with Crippen LogP contribution in [0.25, 0.3) is 0 Å². The maximum Gasteiger partial charge on any atom is 0.407 e. The number of ether oxygens (including phenoxy) is 1. The highest BCUT2D eigenvalue weighted by molar-refractivity contribution is 5.67. The van der Waals surface area contributed by atoms with Crippen LogP contribution in [-0.4, -0.2) is 33.9 Å². The fraction of sp³-hybridized carbons (Fsp3) is 0.250. The van der Waals surface area contributed by atoms with Gasteiger partial charge in [0.05, 0.1) is 11.4 Å². The summed E-state index contributed by atoms with van der Waals surface area (Å²) in [6.07, 6.45) is -1.78. The second-order valence-corrected chi connectivity index (χ2v) is 4.93. The highest BCUT2D eigenvalue weighted by atomic mass is 16.5. The monoisotopic (exact) mass is 317 g/mol. The van der Waals surface area contributed by atoms with Crippen molar-refractivity contribution in [3.8, 4) is 0 Å². The Morgan fingerprint density at radius 1 is 1.22 bits per heavy atom. The first-order chi connectivity index (χ1) is 11.1. The molecule has 2 unspecified atom stereocenters. The first kappa shape index (κ1) is 16.7. The number of aromatic nitrogens is 1. The number of anilines is 1. The van der Waals surface area contributed by atoms with Crippen molar-refractivity contribution in [1.82, 2.24) is 10.3 Å². The molecule has 5 N–H and O–H groups in total. The number of nitrogen functional groups attached to an aromatic ring is 1. The molecule has 0 spiro atoms. The molecule has 0 aliphatic heterocycles. The van der Waals surface area contributed by atoms with Crippen molar-refractivity contribution >= 4 is 11.8 Å². The number of nitrogens with one attached hydrogen (secondary N) is 1. The zero-order valence-electron chi connectivity index (χ0n) is 12.4. The molecule has 23 heavy (non-hydrogen) atoms. The minimum atomic E-state index is -1.30. The maximum atomic E-state index is 11.6. The van der Waals surface area contributed by atoms with Crippen LogP contribution in [0.15, 0.2) is 48.7 Å². The van der Waals surface area contributed by atoms with Crippen molar-refractivity contribution in [3.63, 3.8) is 0 Å². The van der Waals surface area contributed by atoms with Gasteiger partial charge in [-0.1, -0.05) is 30.3 Å². The van der Waals surface area contributed by atoms with E-state index in [1.807, 2.05) is 30.3 Å². The third-order valence-electron chi connectivity index (χ3n) is 3.18. The number of pyridine rings is 1. The lowest BCUT2D eigenvalue weighted by atomic mass is 10.1. The lowest BCUT2D eigenvalue weighted by Crippen LogP contribution is -2.36. The van der Waals surface area contributed by atoms with Crippen LogP contribution < -0.4 is 11.1 Å². The van der Waals surface area contributed by atoms with E-state index in [-0.39, 0.29) is 24.5 Å². The summed E-state index contributed by atoms with van der Waals surface area (Å²) in [6.45, 7) is -0.0662. The zero-order chi connectivity index (χ0) is 16.7. The minimum Gasteiger partial charge on any atom is -0.445 e. The third kappa shape index (κ3) is 4.94. The second kappa shape index (κ2) is 8.11. The molecule has 0 fully saturated rings. The van der Waals surface area contributed by atoms with Crippen LogP contribution in [0.2, 0.25) is 0 Å². The Hall–Kier alpha value is -2.64. The molecule has 1 aromatic heterocycles. The van der Waals surface area contributed by atoms with Gasteiger partial charge in [0.25, 0.3) is 0 Å². The molecule has 2 atom stereocenters. The first-order valence-corrected chi connectivity index (χ1v) is 7.09. The zero-order valence-corrected chi connectivity index (χ0v) is 12.4. The number of hydrogen-bond donors (Lipinski definition) is 4. The Balaban J connectivity index is 1.78. The summed E-state index contributed by atoms with van der Waals surface area (Å²) >= 11 is 0. The summed E-state index contributed by atoms with van der Waals surface area (Å²) in [5, 5.41) is 22.3. The number of alkyl carbamates (subject to hydrolysis) is 1. The first-order valence-electron chi connectivity index (χ1n) is 7.09. The van der Waals surface area contributed by atoms with Crippen LogP contribution in [0.3, 0.4) is 0 Å². The van der Waals surface area contributed by atoms with Gasteiger partial charge in [0.1, 0.15) is 18.8 Å². The predicted octanol–water partition coefficient (Wildman–Crippen LogP) is 0.984. The number of benzene rings is 1. The Morgan fingerprint density at radius 3 is 2.65 bits per heavy atom. The van der Waals surface area contributed by atoms with Gasteiger partial charge in [0, 0.05) is 12.7 Å². The molecular formula is C16H19N3O4. The molecule has 0 saturated heterocycles. The molecule has 0 aliphatic rings. The van der Waals surface area contributed by atoms with Gasteiger partial charge in [0.15, 0.2) is 0 Å². The summed E-state index contributed by atoms with van der Waals surface area (Å²) in [4.78, 5) is 15.5. The van der Waals surface area contributed by atoms with E-state index in [9.17, 15) is 15.0 Å². The number of carbonyl (C=O) groups is 1. The van der Waals surface area contributed by atoms with E-state index in [0.717, 1.165) is 5.56 Å². The molecule has 0 radical (unpaired) electrons. The van der Waals surface area contributed by atoms with Gasteiger partial charge >= 0.3 is 6.09 Å². The molecular weight excluding hydrogens is 298 g/mol. The van der Waals surface area contributed by atoms with Crippen molar-refractivity contribution in [3.05, 3.63) is 59.9 Å². The van der Waals surface area contributed by atoms with E-state index >= 15 is 0 Å². The number of aliphatic hydroxyl groups excluding tert-OH is 2. The molecule has 1 amide bonds. The molecule has 1 heterocycles. The number of hydrogen-bond acceptors (Lipinski definition) is 6. The number of aliphatic hydroxyl groups is 2. The summed E-state index contributed by atoms with van der Waals surface area (Å²) in [6, 6.07) is 12.4. The van der Waals surface area contributed by atoms with Gasteiger partial charge in [-0.25, -0.2) is 4.79 Å². The second-order valence-electron chi connectivity index (χ2n) is 4.93. The number of carbonyl (C=O) groups excluding carboxylic acids is 1. The van der Waals surface area contributed by atoms with Gasteiger partial charge in [-0.15, -0.1) is 0 Å². The molecule has 0 bridgehead atoms.